The number of esters is 1. The van der Waals surface area contributed by atoms with Crippen molar-refractivity contribution in [3.05, 3.63) is 35.9 Å². The monoisotopic (exact) mass is 238 g/mol. The Morgan fingerprint density at radius 1 is 1.18 bits per heavy atom. The molecule has 0 radical (unpaired) electrons. The Bertz CT molecular complexity index is 406. The first-order valence-corrected chi connectivity index (χ1v) is 5.27. The molecule has 17 heavy (non-hydrogen) atoms. The minimum absolute atomic E-state index is 0.156. The van der Waals surface area contributed by atoms with Crippen molar-refractivity contribution in [2.45, 2.75) is 32.5 Å². The van der Waals surface area contributed by atoms with Crippen LogP contribution in [0.5, 0.6) is 0 Å². The predicted molar refractivity (Wildman–Crippen MR) is 61.1 cm³/mol. The quantitative estimate of drug-likeness (QED) is 0.600. The van der Waals surface area contributed by atoms with E-state index in [-0.39, 0.29) is 5.56 Å². The Morgan fingerprint density at radius 3 is 2.18 bits per heavy atom. The lowest BCUT2D eigenvalue weighted by Crippen LogP contribution is -2.30. The second-order valence-electron chi connectivity index (χ2n) is 4.64. The Balaban J connectivity index is 2.74. The average Bonchev–Trinajstić information content (AvgIpc) is 2.26. The Morgan fingerprint density at radius 2 is 1.71 bits per heavy atom. The molecule has 0 fully saturated rings. The van der Waals surface area contributed by atoms with Crippen LogP contribution in [0.3, 0.4) is 0 Å². The second-order valence-corrected chi connectivity index (χ2v) is 4.64. The summed E-state index contributed by atoms with van der Waals surface area (Å²) in [5.74, 6) is -2.32. The van der Waals surface area contributed by atoms with E-state index in [0.717, 1.165) is 0 Å². The molecule has 0 saturated carbocycles. The van der Waals surface area contributed by atoms with Crippen LogP contribution in [0.4, 0.5) is 4.39 Å². The van der Waals surface area contributed by atoms with Gasteiger partial charge in [0.15, 0.2) is 6.17 Å². The molecule has 0 N–H and O–H groups in total. The first kappa shape index (κ1) is 13.4. The number of ether oxygens (including phenoxy) is 1. The van der Waals surface area contributed by atoms with Gasteiger partial charge < -0.3 is 4.74 Å². The minimum Gasteiger partial charge on any atom is -0.454 e. The Hall–Kier alpha value is -1.71. The first-order valence-electron chi connectivity index (χ1n) is 5.27. The van der Waals surface area contributed by atoms with Crippen LogP contribution in [0.2, 0.25) is 0 Å². The zero-order valence-corrected chi connectivity index (χ0v) is 10.1. The number of benzene rings is 1. The van der Waals surface area contributed by atoms with Crippen LogP contribution in [0.15, 0.2) is 30.3 Å². The van der Waals surface area contributed by atoms with Crippen LogP contribution in [-0.2, 0) is 14.3 Å². The maximum atomic E-state index is 13.7. The smallest absolute Gasteiger partial charge is 0.378 e. The average molecular weight is 238 g/mol. The molecule has 0 heterocycles. The molecule has 3 nitrogen and oxygen atoms in total. The molecule has 0 aliphatic rings. The number of hydrogen-bond acceptors (Lipinski definition) is 3. The summed E-state index contributed by atoms with van der Waals surface area (Å²) in [6.45, 7) is 4.86. The number of carbonyl (C=O) groups is 2. The van der Waals surface area contributed by atoms with Crippen molar-refractivity contribution in [3.63, 3.8) is 0 Å². The van der Waals surface area contributed by atoms with E-state index in [1.807, 2.05) is 0 Å². The van der Waals surface area contributed by atoms with Gasteiger partial charge in [-0.2, -0.15) is 0 Å². The van der Waals surface area contributed by atoms with Crippen molar-refractivity contribution in [2.24, 2.45) is 0 Å². The molecule has 0 aliphatic heterocycles. The number of halogens is 1. The molecule has 0 amide bonds. The summed E-state index contributed by atoms with van der Waals surface area (Å²) >= 11 is 0. The fourth-order valence-corrected chi connectivity index (χ4v) is 1.21. The van der Waals surface area contributed by atoms with Crippen LogP contribution >= 0.6 is 0 Å². The summed E-state index contributed by atoms with van der Waals surface area (Å²) < 4.78 is 18.5. The van der Waals surface area contributed by atoms with E-state index >= 15 is 0 Å². The second kappa shape index (κ2) is 5.08. The lowest BCUT2D eigenvalue weighted by atomic mass is 10.1. The minimum atomic E-state index is -1.97. The van der Waals surface area contributed by atoms with Gasteiger partial charge in [0, 0.05) is 0 Å². The number of carbonyl (C=O) groups excluding carboxylic acids is 2. The zero-order chi connectivity index (χ0) is 13.1. The SMILES string of the molecule is CC(C)(C)OC(=O)C(=O)C(F)c1ccccc1. The van der Waals surface area contributed by atoms with Gasteiger partial charge in [-0.25, -0.2) is 9.18 Å². The highest BCUT2D eigenvalue weighted by Crippen LogP contribution is 2.19. The van der Waals surface area contributed by atoms with Gasteiger partial charge in [-0.3, -0.25) is 4.79 Å². The molecule has 1 unspecified atom stereocenters. The molecule has 0 spiro atoms. The highest BCUT2D eigenvalue weighted by Gasteiger charge is 2.30. The molecule has 1 rings (SSSR count). The third kappa shape index (κ3) is 3.98. The lowest BCUT2D eigenvalue weighted by molar-refractivity contribution is -0.164. The molecule has 0 aliphatic carbocycles. The van der Waals surface area contributed by atoms with Gasteiger partial charge >= 0.3 is 5.97 Å². The maximum Gasteiger partial charge on any atom is 0.378 e. The van der Waals surface area contributed by atoms with Crippen molar-refractivity contribution in [2.75, 3.05) is 0 Å². The van der Waals surface area contributed by atoms with Crippen molar-refractivity contribution >= 4 is 11.8 Å². The van der Waals surface area contributed by atoms with Crippen molar-refractivity contribution in [1.29, 1.82) is 0 Å². The van der Waals surface area contributed by atoms with Gasteiger partial charge in [0.2, 0.25) is 0 Å². The summed E-state index contributed by atoms with van der Waals surface area (Å²) in [6, 6.07) is 7.81. The number of Topliss-reactive ketones (excluding diaryl/α,β-unsaturated/α-hetero) is 1. The molecular formula is C13H15FO3. The van der Waals surface area contributed by atoms with Crippen LogP contribution < -0.4 is 0 Å². The van der Waals surface area contributed by atoms with Crippen molar-refractivity contribution < 1.29 is 18.7 Å². The largest absolute Gasteiger partial charge is 0.454 e. The molecule has 4 heteroatoms. The molecular weight excluding hydrogens is 223 g/mol. The van der Waals surface area contributed by atoms with E-state index in [4.69, 9.17) is 4.74 Å². The van der Waals surface area contributed by atoms with Gasteiger partial charge in [0.1, 0.15) is 5.60 Å². The first-order chi connectivity index (χ1) is 7.81. The summed E-state index contributed by atoms with van der Waals surface area (Å²) in [4.78, 5) is 22.8. The summed E-state index contributed by atoms with van der Waals surface area (Å²) in [6.07, 6.45) is -1.97. The third-order valence-electron chi connectivity index (χ3n) is 1.92. The third-order valence-corrected chi connectivity index (χ3v) is 1.92. The van der Waals surface area contributed by atoms with Crippen LogP contribution in [0.1, 0.15) is 32.5 Å². The van der Waals surface area contributed by atoms with Crippen LogP contribution in [0.25, 0.3) is 0 Å². The van der Waals surface area contributed by atoms with E-state index < -0.39 is 23.5 Å². The summed E-state index contributed by atoms with van der Waals surface area (Å²) in [7, 11) is 0. The van der Waals surface area contributed by atoms with Gasteiger partial charge in [0.25, 0.3) is 5.78 Å². The summed E-state index contributed by atoms with van der Waals surface area (Å²) in [5, 5.41) is 0. The van der Waals surface area contributed by atoms with E-state index in [9.17, 15) is 14.0 Å². The van der Waals surface area contributed by atoms with Gasteiger partial charge in [-0.1, -0.05) is 30.3 Å². The molecule has 0 aromatic heterocycles. The number of alkyl halides is 1. The van der Waals surface area contributed by atoms with Gasteiger partial charge in [-0.15, -0.1) is 0 Å². The standard InChI is InChI=1S/C13H15FO3/c1-13(2,3)17-12(16)11(15)10(14)9-7-5-4-6-8-9/h4-8,10H,1-3H3. The summed E-state index contributed by atoms with van der Waals surface area (Å²) in [5.41, 5.74) is -0.647. The van der Waals surface area contributed by atoms with E-state index in [1.165, 1.54) is 12.1 Å². The van der Waals surface area contributed by atoms with Gasteiger partial charge in [0.05, 0.1) is 0 Å². The molecule has 92 valence electrons. The highest BCUT2D eigenvalue weighted by molar-refractivity contribution is 6.35. The Labute approximate surface area is 99.6 Å². The normalized spacial score (nSPS) is 12.9. The van der Waals surface area contributed by atoms with E-state index in [1.54, 1.807) is 39.0 Å². The highest BCUT2D eigenvalue weighted by atomic mass is 19.1. The van der Waals surface area contributed by atoms with E-state index in [0.29, 0.717) is 0 Å². The fourth-order valence-electron chi connectivity index (χ4n) is 1.21. The molecule has 0 saturated heterocycles. The van der Waals surface area contributed by atoms with Crippen molar-refractivity contribution in [1.82, 2.24) is 0 Å². The number of ketones is 1. The molecule has 1 aromatic rings. The molecule has 1 atom stereocenters. The zero-order valence-electron chi connectivity index (χ0n) is 10.1. The predicted octanol–water partition coefficient (Wildman–Crippen LogP) is 2.61. The van der Waals surface area contributed by atoms with Gasteiger partial charge in [-0.05, 0) is 26.3 Å². The number of hydrogen-bond donors (Lipinski definition) is 0. The fraction of sp³-hybridized carbons (Fsp3) is 0.385. The van der Waals surface area contributed by atoms with Crippen LogP contribution in [-0.4, -0.2) is 17.4 Å². The molecule has 1 aromatic carbocycles. The lowest BCUT2D eigenvalue weighted by Gasteiger charge is -2.19. The maximum absolute atomic E-state index is 13.7. The van der Waals surface area contributed by atoms with Crippen molar-refractivity contribution in [3.8, 4) is 0 Å². The van der Waals surface area contributed by atoms with E-state index in [2.05, 4.69) is 0 Å². The molecule has 0 bridgehead atoms. The topological polar surface area (TPSA) is 43.4 Å². The Kier molecular flexibility index (Phi) is 3.99. The number of rotatable bonds is 3. The van der Waals surface area contributed by atoms with Crippen LogP contribution in [0, 0.1) is 0 Å².